The van der Waals surface area contributed by atoms with Gasteiger partial charge in [0.15, 0.2) is 0 Å². The lowest BCUT2D eigenvalue weighted by molar-refractivity contribution is -0.384. The molecule has 0 aliphatic carbocycles. The van der Waals surface area contributed by atoms with Crippen molar-refractivity contribution >= 4 is 23.0 Å². The predicted octanol–water partition coefficient (Wildman–Crippen LogP) is 4.70. The first-order valence-electron chi connectivity index (χ1n) is 9.27. The van der Waals surface area contributed by atoms with Crippen LogP contribution in [0.25, 0.3) is 0 Å². The highest BCUT2D eigenvalue weighted by Gasteiger charge is 2.24. The molecule has 1 aliphatic heterocycles. The van der Waals surface area contributed by atoms with E-state index in [4.69, 9.17) is 0 Å². The van der Waals surface area contributed by atoms with Gasteiger partial charge in [0.25, 0.3) is 11.6 Å². The van der Waals surface area contributed by atoms with Crippen molar-refractivity contribution in [3.05, 3.63) is 63.2 Å². The van der Waals surface area contributed by atoms with E-state index in [1.807, 2.05) is 36.9 Å². The number of hydrogen-bond acceptors (Lipinski definition) is 4. The number of carbonyl (C=O) groups is 1. The molecule has 0 aromatic heterocycles. The second-order valence-corrected chi connectivity index (χ2v) is 7.38. The van der Waals surface area contributed by atoms with Crippen molar-refractivity contribution in [2.75, 3.05) is 23.3 Å². The van der Waals surface area contributed by atoms with E-state index < -0.39 is 4.92 Å². The third-order valence-corrected chi connectivity index (χ3v) is 5.32. The van der Waals surface area contributed by atoms with Crippen molar-refractivity contribution < 1.29 is 9.72 Å². The molecule has 27 heavy (non-hydrogen) atoms. The molecule has 6 heteroatoms. The summed E-state index contributed by atoms with van der Waals surface area (Å²) in [5.74, 6) is 0.295. The first-order chi connectivity index (χ1) is 12.8. The number of benzene rings is 2. The normalized spacial score (nSPS) is 14.9. The highest BCUT2D eigenvalue weighted by molar-refractivity contribution is 6.05. The van der Waals surface area contributed by atoms with Gasteiger partial charge in [-0.05, 0) is 68.0 Å². The molecule has 0 unspecified atom stereocenters. The van der Waals surface area contributed by atoms with Gasteiger partial charge in [-0.3, -0.25) is 14.9 Å². The molecule has 1 N–H and O–H groups in total. The third-order valence-electron chi connectivity index (χ3n) is 5.32. The summed E-state index contributed by atoms with van der Waals surface area (Å²) in [7, 11) is 0. The summed E-state index contributed by atoms with van der Waals surface area (Å²) in [5.41, 5.74) is 3.76. The number of anilines is 2. The fourth-order valence-electron chi connectivity index (χ4n) is 3.35. The lowest BCUT2D eigenvalue weighted by Gasteiger charge is -2.31. The van der Waals surface area contributed by atoms with E-state index in [9.17, 15) is 14.9 Å². The molecular formula is C21H25N3O3. The second kappa shape index (κ2) is 7.78. The first kappa shape index (κ1) is 18.9. The zero-order chi connectivity index (χ0) is 19.6. The Hall–Kier alpha value is -2.89. The number of amides is 1. The average molecular weight is 367 g/mol. The number of piperidine rings is 1. The average Bonchev–Trinajstić information content (AvgIpc) is 2.65. The van der Waals surface area contributed by atoms with Crippen LogP contribution in [0.2, 0.25) is 0 Å². The monoisotopic (exact) mass is 367 g/mol. The molecule has 1 heterocycles. The zero-order valence-corrected chi connectivity index (χ0v) is 16.0. The summed E-state index contributed by atoms with van der Waals surface area (Å²) in [6.07, 6.45) is 2.04. The van der Waals surface area contributed by atoms with Crippen LogP contribution in [0.4, 0.5) is 17.1 Å². The Morgan fingerprint density at radius 2 is 1.81 bits per heavy atom. The maximum absolute atomic E-state index is 12.6. The minimum absolute atomic E-state index is 0.0164. The molecule has 0 bridgehead atoms. The number of nitrogens with zero attached hydrogens (tertiary/aromatic N) is 2. The highest BCUT2D eigenvalue weighted by atomic mass is 16.6. The molecule has 142 valence electrons. The molecule has 1 saturated heterocycles. The van der Waals surface area contributed by atoms with Crippen molar-refractivity contribution in [2.24, 2.45) is 5.92 Å². The highest BCUT2D eigenvalue weighted by Crippen LogP contribution is 2.32. The van der Waals surface area contributed by atoms with Crippen LogP contribution in [-0.2, 0) is 0 Å². The van der Waals surface area contributed by atoms with Crippen molar-refractivity contribution in [1.29, 1.82) is 0 Å². The van der Waals surface area contributed by atoms with E-state index in [1.165, 1.54) is 6.07 Å². The van der Waals surface area contributed by atoms with Crippen LogP contribution in [0, 0.1) is 29.9 Å². The number of carbonyl (C=O) groups excluding carboxylic acids is 1. The molecule has 1 amide bonds. The quantitative estimate of drug-likeness (QED) is 0.628. The first-order valence-corrected chi connectivity index (χ1v) is 9.27. The Kier molecular flexibility index (Phi) is 5.44. The van der Waals surface area contributed by atoms with Gasteiger partial charge in [0.05, 0.1) is 4.92 Å². The third kappa shape index (κ3) is 4.27. The number of hydrogen-bond donors (Lipinski definition) is 1. The number of nitro groups is 1. The van der Waals surface area contributed by atoms with E-state index >= 15 is 0 Å². The lowest BCUT2D eigenvalue weighted by atomic mass is 9.98. The molecule has 6 nitrogen and oxygen atoms in total. The van der Waals surface area contributed by atoms with Crippen LogP contribution in [0.15, 0.2) is 36.4 Å². The summed E-state index contributed by atoms with van der Waals surface area (Å²) in [6.45, 7) is 7.78. The maximum atomic E-state index is 12.6. The van der Waals surface area contributed by atoms with Gasteiger partial charge in [-0.25, -0.2) is 0 Å². The van der Waals surface area contributed by atoms with Gasteiger partial charge in [0, 0.05) is 30.4 Å². The fraction of sp³-hybridized carbons (Fsp3) is 0.381. The van der Waals surface area contributed by atoms with E-state index in [0.29, 0.717) is 17.3 Å². The van der Waals surface area contributed by atoms with Crippen LogP contribution in [0.1, 0.15) is 41.3 Å². The summed E-state index contributed by atoms with van der Waals surface area (Å²) < 4.78 is 0. The second-order valence-electron chi connectivity index (χ2n) is 7.38. The molecule has 0 spiro atoms. The Bertz CT molecular complexity index is 871. The van der Waals surface area contributed by atoms with E-state index in [0.717, 1.165) is 37.1 Å². The van der Waals surface area contributed by atoms with Gasteiger partial charge in [0.2, 0.25) is 0 Å². The maximum Gasteiger partial charge on any atom is 0.293 e. The van der Waals surface area contributed by atoms with Crippen molar-refractivity contribution in [2.45, 2.75) is 33.6 Å². The van der Waals surface area contributed by atoms with Crippen molar-refractivity contribution in [3.63, 3.8) is 0 Å². The minimum Gasteiger partial charge on any atom is -0.366 e. The SMILES string of the molecule is Cc1ccc(NC(=O)c2ccc(N3CCC(C)CC3)c([N+](=O)[O-])c2)cc1C. The molecule has 0 atom stereocenters. The number of aryl methyl sites for hydroxylation is 2. The molecular weight excluding hydrogens is 342 g/mol. The van der Waals surface area contributed by atoms with Crippen LogP contribution < -0.4 is 10.2 Å². The molecule has 2 aromatic carbocycles. The molecule has 2 aromatic rings. The standard InChI is InChI=1S/C21H25N3O3/c1-14-8-10-23(11-9-14)19-7-5-17(13-20(19)24(26)27)21(25)22-18-6-4-15(2)16(3)12-18/h4-7,12-14H,8-11H2,1-3H3,(H,22,25). The van der Waals surface area contributed by atoms with Gasteiger partial charge >= 0.3 is 0 Å². The van der Waals surface area contributed by atoms with E-state index in [-0.39, 0.29) is 17.2 Å². The molecule has 1 fully saturated rings. The minimum atomic E-state index is -0.403. The summed E-state index contributed by atoms with van der Waals surface area (Å²) in [4.78, 5) is 25.8. The summed E-state index contributed by atoms with van der Waals surface area (Å²) in [5, 5.41) is 14.4. The van der Waals surface area contributed by atoms with Gasteiger partial charge in [-0.1, -0.05) is 13.0 Å². The predicted molar refractivity (Wildman–Crippen MR) is 108 cm³/mol. The van der Waals surface area contributed by atoms with Gasteiger partial charge in [0.1, 0.15) is 5.69 Å². The Morgan fingerprint density at radius 1 is 1.11 bits per heavy atom. The van der Waals surface area contributed by atoms with Gasteiger partial charge < -0.3 is 10.2 Å². The Balaban J connectivity index is 1.83. The number of nitrogens with one attached hydrogen (secondary N) is 1. The topological polar surface area (TPSA) is 75.5 Å². The summed E-state index contributed by atoms with van der Waals surface area (Å²) >= 11 is 0. The molecule has 3 rings (SSSR count). The number of rotatable bonds is 4. The number of nitro benzene ring substituents is 1. The van der Waals surface area contributed by atoms with Gasteiger partial charge in [-0.15, -0.1) is 0 Å². The Morgan fingerprint density at radius 3 is 2.44 bits per heavy atom. The lowest BCUT2D eigenvalue weighted by Crippen LogP contribution is -2.33. The van der Waals surface area contributed by atoms with Gasteiger partial charge in [-0.2, -0.15) is 0 Å². The van der Waals surface area contributed by atoms with Crippen molar-refractivity contribution in [3.8, 4) is 0 Å². The smallest absolute Gasteiger partial charge is 0.293 e. The summed E-state index contributed by atoms with van der Waals surface area (Å²) in [6, 6.07) is 10.4. The zero-order valence-electron chi connectivity index (χ0n) is 16.0. The Labute approximate surface area is 159 Å². The molecule has 1 aliphatic rings. The fourth-order valence-corrected chi connectivity index (χ4v) is 3.35. The van der Waals surface area contributed by atoms with Crippen LogP contribution in [-0.4, -0.2) is 23.9 Å². The van der Waals surface area contributed by atoms with E-state index in [2.05, 4.69) is 12.2 Å². The molecule has 0 saturated carbocycles. The largest absolute Gasteiger partial charge is 0.366 e. The van der Waals surface area contributed by atoms with Crippen LogP contribution >= 0.6 is 0 Å². The molecule has 0 radical (unpaired) electrons. The van der Waals surface area contributed by atoms with E-state index in [1.54, 1.807) is 12.1 Å². The van der Waals surface area contributed by atoms with Crippen molar-refractivity contribution in [1.82, 2.24) is 0 Å². The van der Waals surface area contributed by atoms with Crippen LogP contribution in [0.5, 0.6) is 0 Å². The van der Waals surface area contributed by atoms with Crippen LogP contribution in [0.3, 0.4) is 0 Å².